The van der Waals surface area contributed by atoms with E-state index in [9.17, 15) is 4.79 Å². The normalized spacial score (nSPS) is 15.9. The lowest BCUT2D eigenvalue weighted by Crippen LogP contribution is -2.38. The van der Waals surface area contributed by atoms with Gasteiger partial charge in [0, 0.05) is 31.2 Å². The van der Waals surface area contributed by atoms with E-state index >= 15 is 0 Å². The number of amides is 2. The quantitative estimate of drug-likeness (QED) is 0.794. The number of halogens is 1. The molecule has 1 heterocycles. The molecule has 1 fully saturated rings. The van der Waals surface area contributed by atoms with Gasteiger partial charge in [-0.2, -0.15) is 0 Å². The molecule has 1 saturated heterocycles. The van der Waals surface area contributed by atoms with Crippen LogP contribution in [0, 0.1) is 0 Å². The summed E-state index contributed by atoms with van der Waals surface area (Å²) in [5.74, 6) is 0. The van der Waals surface area contributed by atoms with Crippen LogP contribution in [0.25, 0.3) is 0 Å². The predicted octanol–water partition coefficient (Wildman–Crippen LogP) is 3.73. The van der Waals surface area contributed by atoms with Crippen LogP contribution in [-0.2, 0) is 17.8 Å². The maximum atomic E-state index is 12.3. The number of urea groups is 1. The second-order valence-electron chi connectivity index (χ2n) is 6.73. The lowest BCUT2D eigenvalue weighted by Gasteiger charge is -2.27. The first kappa shape index (κ1) is 19.7. The van der Waals surface area contributed by atoms with Gasteiger partial charge in [0.25, 0.3) is 0 Å². The number of rotatable bonds is 6. The Balaban J connectivity index is 1.55. The van der Waals surface area contributed by atoms with Crippen molar-refractivity contribution in [3.63, 3.8) is 0 Å². The summed E-state index contributed by atoms with van der Waals surface area (Å²) in [5.41, 5.74) is 3.27. The Hall–Kier alpha value is -2.08. The predicted molar refractivity (Wildman–Crippen MR) is 108 cm³/mol. The second kappa shape index (κ2) is 9.74. The molecule has 2 amide bonds. The molecule has 1 unspecified atom stereocenters. The van der Waals surface area contributed by atoms with Crippen molar-refractivity contribution in [1.29, 1.82) is 0 Å². The Morgan fingerprint density at radius 1 is 1.11 bits per heavy atom. The average molecular weight is 388 g/mol. The van der Waals surface area contributed by atoms with E-state index in [1.807, 2.05) is 43.3 Å². The van der Waals surface area contributed by atoms with Crippen LogP contribution in [0.5, 0.6) is 0 Å². The molecule has 6 heteroatoms. The highest BCUT2D eigenvalue weighted by Crippen LogP contribution is 2.22. The van der Waals surface area contributed by atoms with Crippen molar-refractivity contribution >= 4 is 17.6 Å². The van der Waals surface area contributed by atoms with Gasteiger partial charge in [-0.15, -0.1) is 0 Å². The molecule has 0 aliphatic carbocycles. The minimum absolute atomic E-state index is 0.165. The lowest BCUT2D eigenvalue weighted by molar-refractivity contribution is 0.0341. The summed E-state index contributed by atoms with van der Waals surface area (Å²) in [5, 5.41) is 6.56. The molecule has 1 atom stereocenters. The first-order chi connectivity index (χ1) is 13.1. The summed E-state index contributed by atoms with van der Waals surface area (Å²) in [6, 6.07) is 15.4. The van der Waals surface area contributed by atoms with Crippen molar-refractivity contribution in [3.05, 3.63) is 70.2 Å². The van der Waals surface area contributed by atoms with Crippen LogP contribution in [0.3, 0.4) is 0 Å². The molecular weight excluding hydrogens is 362 g/mol. The number of carbonyl (C=O) groups is 1. The summed E-state index contributed by atoms with van der Waals surface area (Å²) in [6.45, 7) is 6.73. The number of nitrogens with one attached hydrogen (secondary N) is 2. The summed E-state index contributed by atoms with van der Waals surface area (Å²) in [4.78, 5) is 14.7. The minimum atomic E-state index is -0.205. The van der Waals surface area contributed by atoms with Gasteiger partial charge in [0.1, 0.15) is 0 Å². The first-order valence-electron chi connectivity index (χ1n) is 9.29. The Morgan fingerprint density at radius 2 is 1.78 bits per heavy atom. The van der Waals surface area contributed by atoms with E-state index in [-0.39, 0.29) is 12.1 Å². The van der Waals surface area contributed by atoms with Crippen LogP contribution in [0.1, 0.15) is 29.7 Å². The number of benzene rings is 2. The second-order valence-corrected chi connectivity index (χ2v) is 7.13. The molecule has 27 heavy (non-hydrogen) atoms. The fraction of sp³-hybridized carbons (Fsp3) is 0.381. The fourth-order valence-electron chi connectivity index (χ4n) is 3.21. The number of carbonyl (C=O) groups excluding carboxylic acids is 1. The topological polar surface area (TPSA) is 53.6 Å². The maximum absolute atomic E-state index is 12.3. The maximum Gasteiger partial charge on any atom is 0.315 e. The van der Waals surface area contributed by atoms with E-state index in [1.54, 1.807) is 0 Å². The Labute approximate surface area is 165 Å². The van der Waals surface area contributed by atoms with Crippen molar-refractivity contribution in [1.82, 2.24) is 15.5 Å². The zero-order chi connectivity index (χ0) is 19.1. The van der Waals surface area contributed by atoms with Crippen molar-refractivity contribution < 1.29 is 9.53 Å². The highest BCUT2D eigenvalue weighted by molar-refractivity contribution is 6.31. The van der Waals surface area contributed by atoms with Gasteiger partial charge < -0.3 is 15.4 Å². The molecule has 144 valence electrons. The largest absolute Gasteiger partial charge is 0.379 e. The van der Waals surface area contributed by atoms with Gasteiger partial charge in [-0.25, -0.2) is 4.79 Å². The van der Waals surface area contributed by atoms with Gasteiger partial charge in [-0.1, -0.05) is 54.1 Å². The average Bonchev–Trinajstić information content (AvgIpc) is 2.68. The smallest absolute Gasteiger partial charge is 0.315 e. The van der Waals surface area contributed by atoms with Gasteiger partial charge in [0.05, 0.1) is 19.3 Å². The molecule has 5 nitrogen and oxygen atoms in total. The molecule has 0 aromatic heterocycles. The van der Waals surface area contributed by atoms with E-state index < -0.39 is 0 Å². The van der Waals surface area contributed by atoms with Crippen LogP contribution in [-0.4, -0.2) is 37.2 Å². The molecule has 1 aliphatic rings. The first-order valence-corrected chi connectivity index (χ1v) is 9.67. The van der Waals surface area contributed by atoms with E-state index in [0.29, 0.717) is 11.6 Å². The SMILES string of the molecule is CC(NC(=O)NCc1ccccc1CN1CCOCC1)c1ccccc1Cl. The lowest BCUT2D eigenvalue weighted by atomic mass is 10.1. The minimum Gasteiger partial charge on any atom is -0.379 e. The molecule has 0 radical (unpaired) electrons. The Morgan fingerprint density at radius 3 is 2.52 bits per heavy atom. The van der Waals surface area contributed by atoms with Gasteiger partial charge in [0.2, 0.25) is 0 Å². The zero-order valence-corrected chi connectivity index (χ0v) is 16.3. The van der Waals surface area contributed by atoms with Crippen molar-refractivity contribution in [2.24, 2.45) is 0 Å². The highest BCUT2D eigenvalue weighted by Gasteiger charge is 2.14. The van der Waals surface area contributed by atoms with Gasteiger partial charge in [-0.05, 0) is 29.7 Å². The summed E-state index contributed by atoms with van der Waals surface area (Å²) in [7, 11) is 0. The monoisotopic (exact) mass is 387 g/mol. The zero-order valence-electron chi connectivity index (χ0n) is 15.6. The van der Waals surface area contributed by atoms with Crippen molar-refractivity contribution in [2.75, 3.05) is 26.3 Å². The van der Waals surface area contributed by atoms with Gasteiger partial charge in [0.15, 0.2) is 0 Å². The Bertz CT molecular complexity index is 763. The molecule has 0 spiro atoms. The standard InChI is InChI=1S/C21H26ClN3O2/c1-16(19-8-4-5-9-20(19)22)24-21(26)23-14-17-6-2-3-7-18(17)15-25-10-12-27-13-11-25/h2-9,16H,10-15H2,1H3,(H2,23,24,26). The summed E-state index contributed by atoms with van der Waals surface area (Å²) >= 11 is 6.20. The molecule has 0 bridgehead atoms. The third-order valence-corrected chi connectivity index (χ3v) is 5.12. The van der Waals surface area contributed by atoms with Crippen LogP contribution < -0.4 is 10.6 Å². The van der Waals surface area contributed by atoms with E-state index in [4.69, 9.17) is 16.3 Å². The van der Waals surface area contributed by atoms with Crippen molar-refractivity contribution in [3.8, 4) is 0 Å². The molecule has 2 aromatic rings. The third-order valence-electron chi connectivity index (χ3n) is 4.77. The molecule has 3 rings (SSSR count). The van der Waals surface area contributed by atoms with Crippen LogP contribution >= 0.6 is 11.6 Å². The van der Waals surface area contributed by atoms with Crippen LogP contribution in [0.4, 0.5) is 4.79 Å². The van der Waals surface area contributed by atoms with Gasteiger partial charge >= 0.3 is 6.03 Å². The van der Waals surface area contributed by atoms with Gasteiger partial charge in [-0.3, -0.25) is 4.90 Å². The van der Waals surface area contributed by atoms with E-state index in [1.165, 1.54) is 5.56 Å². The fourth-order valence-corrected chi connectivity index (χ4v) is 3.51. The summed E-state index contributed by atoms with van der Waals surface area (Å²) < 4.78 is 5.41. The molecular formula is C21H26ClN3O2. The number of hydrogen-bond donors (Lipinski definition) is 2. The molecule has 1 aliphatic heterocycles. The van der Waals surface area contributed by atoms with Crippen LogP contribution in [0.15, 0.2) is 48.5 Å². The Kier molecular flexibility index (Phi) is 7.10. The number of ether oxygens (including phenoxy) is 1. The molecule has 2 N–H and O–H groups in total. The van der Waals surface area contributed by atoms with Crippen molar-refractivity contribution in [2.45, 2.75) is 26.1 Å². The van der Waals surface area contributed by atoms with E-state index in [0.717, 1.165) is 44.0 Å². The molecule has 2 aromatic carbocycles. The third kappa shape index (κ3) is 5.70. The number of morpholine rings is 1. The van der Waals surface area contributed by atoms with E-state index in [2.05, 4.69) is 27.7 Å². The highest BCUT2D eigenvalue weighted by atomic mass is 35.5. The number of hydrogen-bond acceptors (Lipinski definition) is 3. The van der Waals surface area contributed by atoms with Crippen LogP contribution in [0.2, 0.25) is 5.02 Å². The number of nitrogens with zero attached hydrogens (tertiary/aromatic N) is 1. The summed E-state index contributed by atoms with van der Waals surface area (Å²) in [6.07, 6.45) is 0. The molecule has 0 saturated carbocycles.